The van der Waals surface area contributed by atoms with Crippen molar-refractivity contribution >= 4 is 22.2 Å². The molecule has 0 fully saturated rings. The Kier molecular flexibility index (Phi) is 7.17. The number of rotatable bonds is 7. The van der Waals surface area contributed by atoms with Gasteiger partial charge in [0.15, 0.2) is 0 Å². The molecule has 172 valence electrons. The van der Waals surface area contributed by atoms with Crippen molar-refractivity contribution in [2.24, 2.45) is 5.10 Å². The molecule has 3 rings (SSSR count). The lowest BCUT2D eigenvalue weighted by atomic mass is 10.1. The van der Waals surface area contributed by atoms with Crippen LogP contribution in [0.2, 0.25) is 0 Å². The number of alkyl halides is 3. The topological polar surface area (TPSA) is 84.8 Å². The van der Waals surface area contributed by atoms with E-state index >= 15 is 0 Å². The number of amides is 1. The Morgan fingerprint density at radius 2 is 1.70 bits per heavy atom. The largest absolute Gasteiger partial charge is 0.416 e. The van der Waals surface area contributed by atoms with Gasteiger partial charge in [0, 0.05) is 5.56 Å². The van der Waals surface area contributed by atoms with Crippen LogP contribution in [0.1, 0.15) is 22.3 Å². The van der Waals surface area contributed by atoms with Gasteiger partial charge in [-0.1, -0.05) is 42.5 Å². The maximum absolute atomic E-state index is 13.2. The lowest BCUT2D eigenvalue weighted by molar-refractivity contribution is -0.137. The maximum atomic E-state index is 13.2. The average molecular weight is 476 g/mol. The predicted molar refractivity (Wildman–Crippen MR) is 116 cm³/mol. The molecule has 0 heterocycles. The molecule has 0 saturated heterocycles. The number of halogens is 3. The average Bonchev–Trinajstić information content (AvgIpc) is 2.75. The fraction of sp³-hybridized carbons (Fsp3) is 0.130. The first-order valence-electron chi connectivity index (χ1n) is 9.63. The van der Waals surface area contributed by atoms with Crippen LogP contribution in [0.4, 0.5) is 13.2 Å². The number of para-hydroxylation sites is 1. The summed E-state index contributed by atoms with van der Waals surface area (Å²) in [5.41, 5.74) is 2.38. The van der Waals surface area contributed by atoms with Crippen molar-refractivity contribution in [3.05, 3.63) is 95.1 Å². The van der Waals surface area contributed by atoms with Crippen LogP contribution in [0.5, 0.6) is 5.75 Å². The van der Waals surface area contributed by atoms with E-state index in [1.807, 2.05) is 19.1 Å². The molecule has 0 unspecified atom stereocenters. The zero-order valence-corrected chi connectivity index (χ0v) is 18.2. The molecular weight excluding hydrogens is 457 g/mol. The number of nitrogens with one attached hydrogen (secondary N) is 1. The highest BCUT2D eigenvalue weighted by molar-refractivity contribution is 7.87. The summed E-state index contributed by atoms with van der Waals surface area (Å²) < 4.78 is 70.0. The van der Waals surface area contributed by atoms with Gasteiger partial charge in [-0.15, -0.1) is 0 Å². The summed E-state index contributed by atoms with van der Waals surface area (Å²) in [6.07, 6.45) is -3.87. The Balaban J connectivity index is 1.87. The first-order valence-corrected chi connectivity index (χ1v) is 11.0. The van der Waals surface area contributed by atoms with Crippen molar-refractivity contribution in [3.8, 4) is 5.75 Å². The summed E-state index contributed by atoms with van der Waals surface area (Å²) in [6, 6.07) is 16.7. The van der Waals surface area contributed by atoms with Gasteiger partial charge in [-0.2, -0.15) is 26.7 Å². The third-order valence-electron chi connectivity index (χ3n) is 4.56. The van der Waals surface area contributed by atoms with E-state index in [1.165, 1.54) is 12.1 Å². The van der Waals surface area contributed by atoms with Gasteiger partial charge in [0.25, 0.3) is 0 Å². The normalized spacial score (nSPS) is 12.0. The molecule has 0 bridgehead atoms. The molecule has 1 N–H and O–H groups in total. The molecule has 1 amide bonds. The fourth-order valence-corrected chi connectivity index (χ4v) is 3.98. The van der Waals surface area contributed by atoms with Crippen LogP contribution in [0, 0.1) is 6.92 Å². The molecule has 10 heteroatoms. The zero-order chi connectivity index (χ0) is 24.1. The Bertz CT molecular complexity index is 1270. The highest BCUT2D eigenvalue weighted by Crippen LogP contribution is 2.32. The predicted octanol–water partition coefficient (Wildman–Crippen LogP) is 4.47. The van der Waals surface area contributed by atoms with Crippen LogP contribution in [-0.4, -0.2) is 20.5 Å². The van der Waals surface area contributed by atoms with E-state index in [2.05, 4.69) is 10.5 Å². The highest BCUT2D eigenvalue weighted by atomic mass is 32.2. The van der Waals surface area contributed by atoms with Crippen molar-refractivity contribution in [1.29, 1.82) is 0 Å². The van der Waals surface area contributed by atoms with E-state index in [1.54, 1.807) is 30.3 Å². The molecule has 0 atom stereocenters. The molecule has 6 nitrogen and oxygen atoms in total. The number of carbonyl (C=O) groups excluding carboxylic acids is 1. The number of hydrazone groups is 1. The standard InChI is InChI=1S/C23H19F3N2O4S/c1-16-7-5-6-8-17(16)14-22(29)28-27-15-18-13-19(23(24,25)26)11-12-21(18)33(30,31)32-20-9-3-2-4-10-20/h2-13,15H,14H2,1H3,(H,28,29)/b27-15+. The van der Waals surface area contributed by atoms with Gasteiger partial charge in [0.05, 0.1) is 18.2 Å². The zero-order valence-electron chi connectivity index (χ0n) is 17.3. The minimum absolute atomic E-state index is 0.00508. The molecule has 0 aliphatic rings. The molecule has 3 aromatic carbocycles. The number of nitrogens with zero attached hydrogens (tertiary/aromatic N) is 1. The van der Waals surface area contributed by atoms with E-state index in [0.717, 1.165) is 23.4 Å². The fourth-order valence-electron chi connectivity index (χ4n) is 2.90. The maximum Gasteiger partial charge on any atom is 0.416 e. The second-order valence-corrected chi connectivity index (χ2v) is 8.51. The van der Waals surface area contributed by atoms with Crippen molar-refractivity contribution in [1.82, 2.24) is 5.43 Å². The highest BCUT2D eigenvalue weighted by Gasteiger charge is 2.32. The van der Waals surface area contributed by atoms with Crippen LogP contribution in [-0.2, 0) is 27.5 Å². The van der Waals surface area contributed by atoms with Gasteiger partial charge < -0.3 is 4.18 Å². The molecule has 0 aliphatic heterocycles. The Hall–Kier alpha value is -3.66. The summed E-state index contributed by atoms with van der Waals surface area (Å²) in [4.78, 5) is 11.6. The Morgan fingerprint density at radius 3 is 2.36 bits per heavy atom. The van der Waals surface area contributed by atoms with Gasteiger partial charge in [0.2, 0.25) is 5.91 Å². The van der Waals surface area contributed by atoms with Crippen LogP contribution in [0.25, 0.3) is 0 Å². The second kappa shape index (κ2) is 9.86. The quantitative estimate of drug-likeness (QED) is 0.310. The van der Waals surface area contributed by atoms with Gasteiger partial charge >= 0.3 is 16.3 Å². The van der Waals surface area contributed by atoms with Crippen LogP contribution >= 0.6 is 0 Å². The molecule has 0 aromatic heterocycles. The Labute approximate surface area is 188 Å². The molecule has 33 heavy (non-hydrogen) atoms. The van der Waals surface area contributed by atoms with E-state index < -0.39 is 38.2 Å². The van der Waals surface area contributed by atoms with Gasteiger partial charge in [0.1, 0.15) is 10.6 Å². The molecule has 3 aromatic rings. The van der Waals surface area contributed by atoms with Gasteiger partial charge in [-0.05, 0) is 48.4 Å². The van der Waals surface area contributed by atoms with Crippen molar-refractivity contribution in [2.75, 3.05) is 0 Å². The van der Waals surface area contributed by atoms with Crippen LogP contribution in [0.3, 0.4) is 0 Å². The van der Waals surface area contributed by atoms with E-state index in [0.29, 0.717) is 12.1 Å². The lowest BCUT2D eigenvalue weighted by Crippen LogP contribution is -2.20. The van der Waals surface area contributed by atoms with Crippen molar-refractivity contribution in [2.45, 2.75) is 24.4 Å². The second-order valence-electron chi connectivity index (χ2n) is 7.00. The summed E-state index contributed by atoms with van der Waals surface area (Å²) in [5.74, 6) is -0.524. The summed E-state index contributed by atoms with van der Waals surface area (Å²) in [6.45, 7) is 1.83. The monoisotopic (exact) mass is 476 g/mol. The number of hydrogen-bond donors (Lipinski definition) is 1. The number of benzene rings is 3. The lowest BCUT2D eigenvalue weighted by Gasteiger charge is -2.12. The van der Waals surface area contributed by atoms with Crippen molar-refractivity contribution in [3.63, 3.8) is 0 Å². The summed E-state index contributed by atoms with van der Waals surface area (Å²) in [7, 11) is -4.48. The number of aryl methyl sites for hydroxylation is 1. The molecule has 0 radical (unpaired) electrons. The van der Waals surface area contributed by atoms with Gasteiger partial charge in [-0.25, -0.2) is 5.43 Å². The SMILES string of the molecule is Cc1ccccc1CC(=O)N/N=C/c1cc(C(F)(F)F)ccc1S(=O)(=O)Oc1ccccc1. The summed E-state index contributed by atoms with van der Waals surface area (Å²) in [5, 5.41) is 3.66. The summed E-state index contributed by atoms with van der Waals surface area (Å²) >= 11 is 0. The third kappa shape index (κ3) is 6.42. The number of hydrogen-bond acceptors (Lipinski definition) is 5. The third-order valence-corrected chi connectivity index (χ3v) is 5.88. The van der Waals surface area contributed by atoms with E-state index in [9.17, 15) is 26.4 Å². The van der Waals surface area contributed by atoms with Crippen LogP contribution in [0.15, 0.2) is 82.8 Å². The minimum atomic E-state index is -4.71. The Morgan fingerprint density at radius 1 is 1.03 bits per heavy atom. The minimum Gasteiger partial charge on any atom is -0.379 e. The molecule has 0 aliphatic carbocycles. The molecular formula is C23H19F3N2O4S. The number of carbonyl (C=O) groups is 1. The van der Waals surface area contributed by atoms with Crippen molar-refractivity contribution < 1.29 is 30.6 Å². The van der Waals surface area contributed by atoms with Crippen LogP contribution < -0.4 is 9.61 Å². The first-order chi connectivity index (χ1) is 15.6. The smallest absolute Gasteiger partial charge is 0.379 e. The van der Waals surface area contributed by atoms with Gasteiger partial charge in [-0.3, -0.25) is 4.79 Å². The molecule has 0 spiro atoms. The molecule has 0 saturated carbocycles. The first kappa shape index (κ1) is 24.0. The van der Waals surface area contributed by atoms with E-state index in [-0.39, 0.29) is 12.2 Å². The van der Waals surface area contributed by atoms with E-state index in [4.69, 9.17) is 4.18 Å².